The first-order valence-electron chi connectivity index (χ1n) is 7.24. The minimum atomic E-state index is -0.425. The number of pyridine rings is 2. The third kappa shape index (κ3) is 3.31. The highest BCUT2D eigenvalue weighted by Gasteiger charge is 2.18. The number of carbonyl (C=O) groups is 1. The number of benzene rings is 1. The quantitative estimate of drug-likeness (QED) is 0.556. The Bertz CT molecular complexity index is 969. The fraction of sp³-hybridized carbons (Fsp3) is 0.118. The van der Waals surface area contributed by atoms with E-state index in [1.165, 1.54) is 0 Å². The fourth-order valence-electron chi connectivity index (χ4n) is 2.46. The van der Waals surface area contributed by atoms with Crippen LogP contribution in [0.15, 0.2) is 36.7 Å². The molecular formula is C17H13Cl2N3O3. The Hall–Kier alpha value is -2.57. The van der Waals surface area contributed by atoms with Crippen LogP contribution in [0.2, 0.25) is 10.0 Å². The Balaban J connectivity index is 2.07. The molecule has 0 radical (unpaired) electrons. The van der Waals surface area contributed by atoms with Gasteiger partial charge in [-0.05, 0) is 25.1 Å². The lowest BCUT2D eigenvalue weighted by Gasteiger charge is -2.12. The van der Waals surface area contributed by atoms with E-state index in [9.17, 15) is 10.0 Å². The van der Waals surface area contributed by atoms with Crippen molar-refractivity contribution < 1.29 is 14.3 Å². The molecule has 1 N–H and O–H groups in total. The Labute approximate surface area is 153 Å². The van der Waals surface area contributed by atoms with Gasteiger partial charge in [0.15, 0.2) is 0 Å². The van der Waals surface area contributed by atoms with Crippen molar-refractivity contribution in [2.45, 2.75) is 6.92 Å². The Kier molecular flexibility index (Phi) is 4.65. The second-order valence-electron chi connectivity index (χ2n) is 5.31. The third-order valence-electron chi connectivity index (χ3n) is 3.62. The SMILES string of the molecule is COc1ccc(C(=O)Nc2c(Cl)c[n+]([O-])cc2Cl)c2ccc(C)nc12. The van der Waals surface area contributed by atoms with Gasteiger partial charge in [-0.3, -0.25) is 4.79 Å². The minimum absolute atomic E-state index is 0.0441. The molecule has 2 heterocycles. The van der Waals surface area contributed by atoms with E-state index in [0.717, 1.165) is 18.1 Å². The number of ether oxygens (including phenoxy) is 1. The molecule has 0 aliphatic carbocycles. The summed E-state index contributed by atoms with van der Waals surface area (Å²) in [5.74, 6) is 0.143. The third-order valence-corrected chi connectivity index (χ3v) is 4.19. The number of aromatic nitrogens is 2. The monoisotopic (exact) mass is 377 g/mol. The van der Waals surface area contributed by atoms with Gasteiger partial charge in [0.25, 0.3) is 5.91 Å². The minimum Gasteiger partial charge on any atom is -0.619 e. The number of hydrogen-bond donors (Lipinski definition) is 1. The van der Waals surface area contributed by atoms with Crippen LogP contribution < -0.4 is 14.8 Å². The molecule has 0 bridgehead atoms. The second-order valence-corrected chi connectivity index (χ2v) is 6.12. The second kappa shape index (κ2) is 6.74. The summed E-state index contributed by atoms with van der Waals surface area (Å²) in [6.07, 6.45) is 2.22. The van der Waals surface area contributed by atoms with Gasteiger partial charge in [0.2, 0.25) is 12.4 Å². The lowest BCUT2D eigenvalue weighted by molar-refractivity contribution is -0.605. The average Bonchev–Trinajstić information content (AvgIpc) is 2.56. The molecule has 8 heteroatoms. The topological polar surface area (TPSA) is 78.2 Å². The summed E-state index contributed by atoms with van der Waals surface area (Å²) >= 11 is 12.0. The van der Waals surface area contributed by atoms with E-state index in [2.05, 4.69) is 10.3 Å². The molecule has 0 spiro atoms. The van der Waals surface area contributed by atoms with Crippen molar-refractivity contribution in [1.29, 1.82) is 0 Å². The first kappa shape index (κ1) is 17.3. The normalized spacial score (nSPS) is 10.7. The molecule has 3 rings (SSSR count). The lowest BCUT2D eigenvalue weighted by Crippen LogP contribution is -2.25. The molecule has 3 aromatic rings. The van der Waals surface area contributed by atoms with Gasteiger partial charge >= 0.3 is 0 Å². The van der Waals surface area contributed by atoms with Gasteiger partial charge in [-0.15, -0.1) is 0 Å². The first-order chi connectivity index (χ1) is 11.9. The number of aryl methyl sites for hydroxylation is 1. The number of nitrogens with one attached hydrogen (secondary N) is 1. The Morgan fingerprint density at radius 3 is 2.52 bits per heavy atom. The summed E-state index contributed by atoms with van der Waals surface area (Å²) in [6, 6.07) is 6.91. The maximum Gasteiger partial charge on any atom is 0.256 e. The van der Waals surface area contributed by atoms with E-state index < -0.39 is 5.91 Å². The number of nitrogens with zero attached hydrogens (tertiary/aromatic N) is 2. The van der Waals surface area contributed by atoms with E-state index in [1.54, 1.807) is 31.4 Å². The van der Waals surface area contributed by atoms with Crippen molar-refractivity contribution in [3.8, 4) is 5.75 Å². The molecule has 1 amide bonds. The van der Waals surface area contributed by atoms with Crippen molar-refractivity contribution >= 4 is 45.7 Å². The zero-order valence-electron chi connectivity index (χ0n) is 13.3. The standard InChI is InChI=1S/C17H13Cl2N3O3/c1-9-3-4-10-11(5-6-14(25-2)15(10)20-9)17(23)21-16-12(18)7-22(24)8-13(16)19/h3-8H,1-2H3,(H,21,23). The zero-order chi connectivity index (χ0) is 18.1. The van der Waals surface area contributed by atoms with E-state index in [4.69, 9.17) is 27.9 Å². The van der Waals surface area contributed by atoms with Crippen LogP contribution in [0, 0.1) is 12.1 Å². The van der Waals surface area contributed by atoms with Gasteiger partial charge in [0.05, 0.1) is 12.8 Å². The molecule has 2 aromatic heterocycles. The average molecular weight is 378 g/mol. The van der Waals surface area contributed by atoms with E-state index in [0.29, 0.717) is 26.9 Å². The number of carbonyl (C=O) groups excluding carboxylic acids is 1. The smallest absolute Gasteiger partial charge is 0.256 e. The van der Waals surface area contributed by atoms with Crippen LogP contribution in [0.3, 0.4) is 0 Å². The van der Waals surface area contributed by atoms with Crippen molar-refractivity contribution in [2.75, 3.05) is 12.4 Å². The molecule has 0 aliphatic heterocycles. The molecule has 0 fully saturated rings. The maximum atomic E-state index is 12.7. The van der Waals surface area contributed by atoms with Crippen molar-refractivity contribution in [2.24, 2.45) is 0 Å². The van der Waals surface area contributed by atoms with Gasteiger partial charge < -0.3 is 15.3 Å². The van der Waals surface area contributed by atoms with Crippen LogP contribution in [-0.2, 0) is 0 Å². The number of hydrogen-bond acceptors (Lipinski definition) is 4. The van der Waals surface area contributed by atoms with Crippen molar-refractivity contribution in [3.05, 3.63) is 63.2 Å². The number of halogens is 2. The molecular weight excluding hydrogens is 365 g/mol. The maximum absolute atomic E-state index is 12.7. The van der Waals surface area contributed by atoms with E-state index >= 15 is 0 Å². The molecule has 0 saturated carbocycles. The first-order valence-corrected chi connectivity index (χ1v) is 8.00. The van der Waals surface area contributed by atoms with Crippen LogP contribution in [-0.4, -0.2) is 18.0 Å². The number of fused-ring (bicyclic) bond motifs is 1. The van der Waals surface area contributed by atoms with Crippen LogP contribution in [0.25, 0.3) is 10.9 Å². The molecule has 0 atom stereocenters. The zero-order valence-corrected chi connectivity index (χ0v) is 14.9. The molecule has 6 nitrogen and oxygen atoms in total. The number of methoxy groups -OCH3 is 1. The molecule has 0 unspecified atom stereocenters. The molecule has 0 saturated heterocycles. The summed E-state index contributed by atoms with van der Waals surface area (Å²) in [7, 11) is 1.54. The van der Waals surface area contributed by atoms with Crippen LogP contribution in [0.4, 0.5) is 5.69 Å². The molecule has 128 valence electrons. The predicted octanol–water partition coefficient (Wildman–Crippen LogP) is 3.74. The van der Waals surface area contributed by atoms with E-state index in [-0.39, 0.29) is 15.7 Å². The molecule has 0 aliphatic rings. The lowest BCUT2D eigenvalue weighted by atomic mass is 10.1. The van der Waals surface area contributed by atoms with E-state index in [1.807, 2.05) is 6.92 Å². The highest BCUT2D eigenvalue weighted by atomic mass is 35.5. The van der Waals surface area contributed by atoms with Gasteiger partial charge in [-0.2, -0.15) is 4.73 Å². The summed E-state index contributed by atoms with van der Waals surface area (Å²) in [5.41, 5.74) is 1.94. The number of amides is 1. The summed E-state index contributed by atoms with van der Waals surface area (Å²) in [6.45, 7) is 1.85. The van der Waals surface area contributed by atoms with Gasteiger partial charge in [0.1, 0.15) is 21.3 Å². The Morgan fingerprint density at radius 1 is 1.20 bits per heavy atom. The summed E-state index contributed by atoms with van der Waals surface area (Å²) in [5, 5.41) is 14.7. The molecule has 25 heavy (non-hydrogen) atoms. The van der Waals surface area contributed by atoms with Crippen LogP contribution in [0.5, 0.6) is 5.75 Å². The van der Waals surface area contributed by atoms with Crippen LogP contribution in [0.1, 0.15) is 16.1 Å². The van der Waals surface area contributed by atoms with Gasteiger partial charge in [0, 0.05) is 16.6 Å². The highest BCUT2D eigenvalue weighted by molar-refractivity contribution is 6.39. The summed E-state index contributed by atoms with van der Waals surface area (Å²) in [4.78, 5) is 17.2. The summed E-state index contributed by atoms with van der Waals surface area (Å²) < 4.78 is 5.78. The predicted molar refractivity (Wildman–Crippen MR) is 96.4 cm³/mol. The number of rotatable bonds is 3. The van der Waals surface area contributed by atoms with Crippen molar-refractivity contribution in [3.63, 3.8) is 0 Å². The molecule has 1 aromatic carbocycles. The van der Waals surface area contributed by atoms with Gasteiger partial charge in [-0.1, -0.05) is 29.3 Å². The van der Waals surface area contributed by atoms with Crippen LogP contribution >= 0.6 is 23.2 Å². The van der Waals surface area contributed by atoms with Gasteiger partial charge in [-0.25, -0.2) is 4.98 Å². The largest absolute Gasteiger partial charge is 0.619 e. The number of anilines is 1. The fourth-order valence-corrected chi connectivity index (χ4v) is 3.00. The Morgan fingerprint density at radius 2 is 1.88 bits per heavy atom. The highest BCUT2D eigenvalue weighted by Crippen LogP contribution is 2.31. The van der Waals surface area contributed by atoms with Crippen molar-refractivity contribution in [1.82, 2.24) is 4.98 Å².